The first-order chi connectivity index (χ1) is 12.5. The van der Waals surface area contributed by atoms with Crippen molar-refractivity contribution in [2.75, 3.05) is 6.54 Å². The van der Waals surface area contributed by atoms with Crippen LogP contribution >= 0.6 is 0 Å². The van der Waals surface area contributed by atoms with Crippen molar-refractivity contribution in [2.45, 2.75) is 27.2 Å². The number of hydrogen-bond donors (Lipinski definition) is 1. The first kappa shape index (κ1) is 16.3. The summed E-state index contributed by atoms with van der Waals surface area (Å²) in [6, 6.07) is 7.76. The Hall–Kier alpha value is -3.22. The van der Waals surface area contributed by atoms with E-state index >= 15 is 0 Å². The lowest BCUT2D eigenvalue weighted by atomic mass is 10.1. The van der Waals surface area contributed by atoms with Crippen molar-refractivity contribution in [2.24, 2.45) is 0 Å². The molecule has 0 bridgehead atoms. The van der Waals surface area contributed by atoms with Crippen LogP contribution in [0.5, 0.6) is 0 Å². The average molecular weight is 349 g/mol. The fourth-order valence-corrected chi connectivity index (χ4v) is 3.12. The molecule has 0 aliphatic rings. The summed E-state index contributed by atoms with van der Waals surface area (Å²) in [5.41, 5.74) is 5.29. The number of imidazole rings is 1. The van der Waals surface area contributed by atoms with Gasteiger partial charge in [-0.3, -0.25) is 4.79 Å². The van der Waals surface area contributed by atoms with Crippen LogP contribution in [0.1, 0.15) is 33.1 Å². The SMILES string of the molecule is Cc1cc(C(=O)NCCc2cn3c(C)cccc3n2)c2c(C)noc2n1. The summed E-state index contributed by atoms with van der Waals surface area (Å²) >= 11 is 0. The number of carbonyl (C=O) groups excluding carboxylic acids is 1. The minimum absolute atomic E-state index is 0.160. The first-order valence-corrected chi connectivity index (χ1v) is 8.48. The van der Waals surface area contributed by atoms with E-state index in [2.05, 4.69) is 20.4 Å². The molecule has 26 heavy (non-hydrogen) atoms. The Labute approximate surface area is 150 Å². The standard InChI is InChI=1S/C19H19N5O2/c1-11-9-15(17-13(3)23-26-19(17)21-11)18(25)20-8-7-14-10-24-12(2)5-4-6-16(24)22-14/h4-6,9-10H,7-8H2,1-3H3,(H,20,25). The second kappa shape index (κ2) is 6.25. The fraction of sp³-hybridized carbons (Fsp3) is 0.263. The Morgan fingerprint density at radius 3 is 2.88 bits per heavy atom. The van der Waals surface area contributed by atoms with Crippen molar-refractivity contribution < 1.29 is 9.32 Å². The maximum atomic E-state index is 12.6. The van der Waals surface area contributed by atoms with Gasteiger partial charge in [0.25, 0.3) is 11.6 Å². The van der Waals surface area contributed by atoms with Crippen LogP contribution in [0.25, 0.3) is 16.7 Å². The Kier molecular flexibility index (Phi) is 3.91. The molecule has 0 aliphatic carbocycles. The van der Waals surface area contributed by atoms with Crippen LogP contribution < -0.4 is 5.32 Å². The van der Waals surface area contributed by atoms with Gasteiger partial charge in [0.1, 0.15) is 5.65 Å². The van der Waals surface area contributed by atoms with Gasteiger partial charge in [0.15, 0.2) is 0 Å². The van der Waals surface area contributed by atoms with E-state index in [-0.39, 0.29) is 5.91 Å². The summed E-state index contributed by atoms with van der Waals surface area (Å²) in [7, 11) is 0. The second-order valence-electron chi connectivity index (χ2n) is 6.39. The molecule has 4 rings (SSSR count). The molecule has 0 fully saturated rings. The quantitative estimate of drug-likeness (QED) is 0.612. The van der Waals surface area contributed by atoms with Gasteiger partial charge in [-0.25, -0.2) is 9.97 Å². The van der Waals surface area contributed by atoms with Crippen LogP contribution in [0.3, 0.4) is 0 Å². The largest absolute Gasteiger partial charge is 0.352 e. The maximum absolute atomic E-state index is 12.6. The fourth-order valence-electron chi connectivity index (χ4n) is 3.12. The lowest BCUT2D eigenvalue weighted by Crippen LogP contribution is -2.26. The van der Waals surface area contributed by atoms with E-state index in [1.165, 1.54) is 0 Å². The molecule has 1 amide bonds. The average Bonchev–Trinajstić information content (AvgIpc) is 3.18. The van der Waals surface area contributed by atoms with Gasteiger partial charge in [-0.2, -0.15) is 0 Å². The zero-order valence-electron chi connectivity index (χ0n) is 14.9. The highest BCUT2D eigenvalue weighted by Gasteiger charge is 2.17. The predicted octanol–water partition coefficient (Wildman–Crippen LogP) is 2.77. The van der Waals surface area contributed by atoms with Gasteiger partial charge in [0.2, 0.25) is 0 Å². The van der Waals surface area contributed by atoms with Crippen molar-refractivity contribution in [1.29, 1.82) is 0 Å². The molecule has 1 N–H and O–H groups in total. The summed E-state index contributed by atoms with van der Waals surface area (Å²) in [4.78, 5) is 21.5. The highest BCUT2D eigenvalue weighted by molar-refractivity contribution is 6.06. The van der Waals surface area contributed by atoms with Gasteiger partial charge in [-0.15, -0.1) is 0 Å². The lowest BCUT2D eigenvalue weighted by Gasteiger charge is -2.06. The van der Waals surface area contributed by atoms with E-state index in [9.17, 15) is 4.79 Å². The molecule has 0 atom stereocenters. The number of nitrogens with one attached hydrogen (secondary N) is 1. The van der Waals surface area contributed by atoms with Crippen LogP contribution in [0.4, 0.5) is 0 Å². The highest BCUT2D eigenvalue weighted by Crippen LogP contribution is 2.21. The molecule has 0 unspecified atom stereocenters. The van der Waals surface area contributed by atoms with Gasteiger partial charge in [-0.05, 0) is 39.0 Å². The zero-order chi connectivity index (χ0) is 18.3. The van der Waals surface area contributed by atoms with Crippen LogP contribution in [-0.4, -0.2) is 32.0 Å². The molecule has 4 aromatic rings. The first-order valence-electron chi connectivity index (χ1n) is 8.48. The predicted molar refractivity (Wildman–Crippen MR) is 97.2 cm³/mol. The van der Waals surface area contributed by atoms with Crippen molar-refractivity contribution in [1.82, 2.24) is 24.8 Å². The third-order valence-electron chi connectivity index (χ3n) is 4.40. The number of aromatic nitrogens is 4. The van der Waals surface area contributed by atoms with Gasteiger partial charge in [0.05, 0.1) is 22.3 Å². The topological polar surface area (TPSA) is 85.3 Å². The van der Waals surface area contributed by atoms with E-state index in [1.807, 2.05) is 42.6 Å². The van der Waals surface area contributed by atoms with Crippen LogP contribution in [0.2, 0.25) is 0 Å². The number of hydrogen-bond acceptors (Lipinski definition) is 5. The number of rotatable bonds is 4. The molecule has 7 nitrogen and oxygen atoms in total. The number of fused-ring (bicyclic) bond motifs is 2. The molecule has 0 spiro atoms. The van der Waals surface area contributed by atoms with Gasteiger partial charge >= 0.3 is 0 Å². The smallest absolute Gasteiger partial charge is 0.258 e. The Morgan fingerprint density at radius 2 is 2.08 bits per heavy atom. The van der Waals surface area contributed by atoms with Crippen LogP contribution in [0, 0.1) is 20.8 Å². The molecule has 132 valence electrons. The molecule has 0 radical (unpaired) electrons. The van der Waals surface area contributed by atoms with Crippen molar-refractivity contribution in [3.05, 3.63) is 58.8 Å². The van der Waals surface area contributed by atoms with E-state index < -0.39 is 0 Å². The molecule has 0 saturated carbocycles. The van der Waals surface area contributed by atoms with E-state index in [0.717, 1.165) is 22.7 Å². The highest BCUT2D eigenvalue weighted by atomic mass is 16.5. The molecule has 0 aromatic carbocycles. The molecule has 0 saturated heterocycles. The molecule has 4 aromatic heterocycles. The van der Waals surface area contributed by atoms with Crippen LogP contribution in [0.15, 0.2) is 35.0 Å². The van der Waals surface area contributed by atoms with Crippen molar-refractivity contribution in [3.8, 4) is 0 Å². The molecular weight excluding hydrogens is 330 g/mol. The Balaban J connectivity index is 1.50. The monoisotopic (exact) mass is 349 g/mol. The Bertz CT molecular complexity index is 1130. The third-order valence-corrected chi connectivity index (χ3v) is 4.40. The van der Waals surface area contributed by atoms with E-state index in [0.29, 0.717) is 35.3 Å². The van der Waals surface area contributed by atoms with Gasteiger partial charge in [0, 0.05) is 30.6 Å². The maximum Gasteiger partial charge on any atom is 0.258 e. The second-order valence-corrected chi connectivity index (χ2v) is 6.39. The lowest BCUT2D eigenvalue weighted by molar-refractivity contribution is 0.0955. The molecule has 0 aliphatic heterocycles. The summed E-state index contributed by atoms with van der Waals surface area (Å²) in [6.45, 7) is 6.17. The van der Waals surface area contributed by atoms with E-state index in [1.54, 1.807) is 13.0 Å². The Morgan fingerprint density at radius 1 is 1.23 bits per heavy atom. The zero-order valence-corrected chi connectivity index (χ0v) is 14.9. The number of amides is 1. The van der Waals surface area contributed by atoms with E-state index in [4.69, 9.17) is 4.52 Å². The number of carbonyl (C=O) groups is 1. The van der Waals surface area contributed by atoms with Gasteiger partial charge in [-0.1, -0.05) is 11.2 Å². The normalized spacial score (nSPS) is 11.3. The summed E-state index contributed by atoms with van der Waals surface area (Å²) in [5, 5.41) is 7.53. The molecule has 7 heteroatoms. The molecule has 4 heterocycles. The van der Waals surface area contributed by atoms with Gasteiger partial charge < -0.3 is 14.2 Å². The van der Waals surface area contributed by atoms with Crippen molar-refractivity contribution >= 4 is 22.7 Å². The van der Waals surface area contributed by atoms with Crippen LogP contribution in [-0.2, 0) is 6.42 Å². The minimum atomic E-state index is -0.160. The van der Waals surface area contributed by atoms with Crippen molar-refractivity contribution in [3.63, 3.8) is 0 Å². The molecular formula is C19H19N5O2. The summed E-state index contributed by atoms with van der Waals surface area (Å²) < 4.78 is 7.23. The number of pyridine rings is 2. The minimum Gasteiger partial charge on any atom is -0.352 e. The number of nitrogens with zero attached hydrogens (tertiary/aromatic N) is 4. The third kappa shape index (κ3) is 2.81. The summed E-state index contributed by atoms with van der Waals surface area (Å²) in [6.07, 6.45) is 2.67. The number of aryl methyl sites for hydroxylation is 3. The summed E-state index contributed by atoms with van der Waals surface area (Å²) in [5.74, 6) is -0.160.